The van der Waals surface area contributed by atoms with Gasteiger partial charge in [0.25, 0.3) is 11.1 Å². The van der Waals surface area contributed by atoms with Gasteiger partial charge in [0.05, 0.1) is 17.0 Å². The number of allylic oxidation sites excluding steroid dienone is 1. The van der Waals surface area contributed by atoms with Crippen LogP contribution in [-0.4, -0.2) is 35.2 Å². The van der Waals surface area contributed by atoms with Gasteiger partial charge in [0, 0.05) is 23.9 Å². The molecule has 1 aromatic rings. The summed E-state index contributed by atoms with van der Waals surface area (Å²) in [5, 5.41) is -0.435. The Bertz CT molecular complexity index is 924. The number of imide groups is 1. The zero-order valence-electron chi connectivity index (χ0n) is 15.1. The molecule has 2 heterocycles. The number of benzene rings is 1. The fourth-order valence-electron chi connectivity index (χ4n) is 3.17. The Morgan fingerprint density at radius 2 is 2.04 bits per heavy atom. The monoisotopic (exact) mass is 370 g/mol. The Balaban J connectivity index is 2.05. The Morgan fingerprint density at radius 3 is 2.69 bits per heavy atom. The van der Waals surface area contributed by atoms with Crippen LogP contribution in [0, 0.1) is 18.2 Å². The molecule has 0 saturated carbocycles. The number of fused-ring (bicyclic) bond motifs is 1. The summed E-state index contributed by atoms with van der Waals surface area (Å²) in [6.45, 7) is 6.02. The van der Waals surface area contributed by atoms with Crippen LogP contribution in [-0.2, 0) is 4.79 Å². The van der Waals surface area contributed by atoms with Gasteiger partial charge in [-0.2, -0.15) is 0 Å². The fraction of sp³-hybridized carbons (Fsp3) is 0.300. The van der Waals surface area contributed by atoms with Crippen LogP contribution >= 0.6 is 11.8 Å². The maximum absolute atomic E-state index is 14.7. The minimum Gasteiger partial charge on any atom is -0.365 e. The Hall–Kier alpha value is -2.52. The average Bonchev–Trinajstić information content (AvgIpc) is 2.82. The van der Waals surface area contributed by atoms with E-state index in [4.69, 9.17) is 6.42 Å². The molecule has 4 nitrogen and oxygen atoms in total. The molecule has 2 amide bonds. The van der Waals surface area contributed by atoms with E-state index in [9.17, 15) is 14.0 Å². The van der Waals surface area contributed by atoms with Crippen LogP contribution in [0.25, 0.3) is 11.6 Å². The number of likely N-dealkylation sites (N-methyl/N-ethyl adjacent to an activating group) is 1. The first-order valence-corrected chi connectivity index (χ1v) is 8.93. The highest BCUT2D eigenvalue weighted by Crippen LogP contribution is 2.40. The molecule has 0 radical (unpaired) electrons. The minimum atomic E-state index is -0.486. The third-order valence-corrected chi connectivity index (χ3v) is 5.65. The normalized spacial score (nSPS) is 20.3. The lowest BCUT2D eigenvalue weighted by Crippen LogP contribution is -2.42. The van der Waals surface area contributed by atoms with E-state index in [1.807, 2.05) is 18.9 Å². The summed E-state index contributed by atoms with van der Waals surface area (Å²) in [7, 11) is 1.92. The number of amides is 2. The van der Waals surface area contributed by atoms with E-state index in [0.29, 0.717) is 0 Å². The molecule has 1 aromatic carbocycles. The summed E-state index contributed by atoms with van der Waals surface area (Å²) in [6.07, 6.45) is 8.73. The van der Waals surface area contributed by atoms with Crippen molar-refractivity contribution < 1.29 is 14.0 Å². The number of hydrogen-bond donors (Lipinski definition) is 0. The molecule has 0 unspecified atom stereocenters. The standard InChI is InChI=1S/C20H19FN2O2S/c1-6-7-23-18(24)17(26-19(23)25)9-13-8-14-12(2)11-20(3,4)22(5)16(14)10-15(13)21/h1,8-11H,7H2,2-5H3/b17-9+. The third-order valence-electron chi connectivity index (χ3n) is 4.74. The van der Waals surface area contributed by atoms with Crippen molar-refractivity contribution in [2.75, 3.05) is 18.5 Å². The number of nitrogens with zero attached hydrogens (tertiary/aromatic N) is 2. The molecule has 1 saturated heterocycles. The molecule has 0 bridgehead atoms. The second-order valence-corrected chi connectivity index (χ2v) is 7.90. The van der Waals surface area contributed by atoms with Gasteiger partial charge in [-0.1, -0.05) is 12.0 Å². The van der Waals surface area contributed by atoms with Gasteiger partial charge < -0.3 is 4.90 Å². The van der Waals surface area contributed by atoms with Crippen molar-refractivity contribution >= 4 is 40.2 Å². The van der Waals surface area contributed by atoms with Crippen molar-refractivity contribution in [2.24, 2.45) is 0 Å². The van der Waals surface area contributed by atoms with Gasteiger partial charge in [-0.25, -0.2) is 4.39 Å². The van der Waals surface area contributed by atoms with E-state index >= 15 is 0 Å². The van der Waals surface area contributed by atoms with E-state index < -0.39 is 17.0 Å². The third kappa shape index (κ3) is 2.93. The summed E-state index contributed by atoms with van der Waals surface area (Å²) >= 11 is 0.775. The molecule has 2 aliphatic rings. The number of carbonyl (C=O) groups excluding carboxylic acids is 2. The predicted molar refractivity (Wildman–Crippen MR) is 104 cm³/mol. The zero-order valence-corrected chi connectivity index (χ0v) is 15.9. The highest BCUT2D eigenvalue weighted by Gasteiger charge is 2.35. The van der Waals surface area contributed by atoms with Crippen LogP contribution < -0.4 is 4.90 Å². The zero-order chi connectivity index (χ0) is 19.2. The number of thioether (sulfide) groups is 1. The maximum Gasteiger partial charge on any atom is 0.294 e. The highest BCUT2D eigenvalue weighted by atomic mass is 32.2. The van der Waals surface area contributed by atoms with Crippen LogP contribution in [0.4, 0.5) is 14.9 Å². The topological polar surface area (TPSA) is 40.6 Å². The quantitative estimate of drug-likeness (QED) is 0.580. The van der Waals surface area contributed by atoms with E-state index in [2.05, 4.69) is 25.8 Å². The molecule has 3 rings (SSSR count). The molecule has 0 spiro atoms. The molecule has 0 aliphatic carbocycles. The smallest absolute Gasteiger partial charge is 0.294 e. The number of halogens is 1. The van der Waals surface area contributed by atoms with E-state index in [-0.39, 0.29) is 22.6 Å². The lowest BCUT2D eigenvalue weighted by molar-refractivity contribution is -0.122. The average molecular weight is 370 g/mol. The highest BCUT2D eigenvalue weighted by molar-refractivity contribution is 8.18. The first-order valence-electron chi connectivity index (χ1n) is 8.11. The molecule has 6 heteroatoms. The molecule has 0 N–H and O–H groups in total. The molecular weight excluding hydrogens is 351 g/mol. The van der Waals surface area contributed by atoms with Crippen molar-refractivity contribution in [1.29, 1.82) is 0 Å². The van der Waals surface area contributed by atoms with Gasteiger partial charge in [0.2, 0.25) is 0 Å². The second kappa shape index (κ2) is 6.33. The summed E-state index contributed by atoms with van der Waals surface area (Å²) < 4.78 is 14.7. The van der Waals surface area contributed by atoms with Crippen LogP contribution in [0.2, 0.25) is 0 Å². The van der Waals surface area contributed by atoms with Crippen molar-refractivity contribution in [2.45, 2.75) is 26.3 Å². The predicted octanol–water partition coefficient (Wildman–Crippen LogP) is 4.13. The molecular formula is C20H19FN2O2S. The lowest BCUT2D eigenvalue weighted by Gasteiger charge is -2.40. The maximum atomic E-state index is 14.7. The number of carbonyl (C=O) groups is 2. The van der Waals surface area contributed by atoms with Gasteiger partial charge in [0.1, 0.15) is 5.82 Å². The Morgan fingerprint density at radius 1 is 1.35 bits per heavy atom. The first kappa shape index (κ1) is 18.3. The van der Waals surface area contributed by atoms with Crippen LogP contribution in [0.3, 0.4) is 0 Å². The van der Waals surface area contributed by atoms with Crippen molar-refractivity contribution in [1.82, 2.24) is 4.90 Å². The van der Waals surface area contributed by atoms with Crippen LogP contribution in [0.15, 0.2) is 23.1 Å². The largest absolute Gasteiger partial charge is 0.365 e. The lowest BCUT2D eigenvalue weighted by atomic mass is 9.88. The summed E-state index contributed by atoms with van der Waals surface area (Å²) in [6, 6.07) is 3.20. The summed E-state index contributed by atoms with van der Waals surface area (Å²) in [5.74, 6) is 1.36. The SMILES string of the molecule is C#CCN1C(=O)S/C(=C/c2cc3c(cc2F)N(C)C(C)(C)C=C3C)C1=O. The molecule has 0 atom stereocenters. The Kier molecular flexibility index (Phi) is 4.45. The number of hydrogen-bond acceptors (Lipinski definition) is 4. The summed E-state index contributed by atoms with van der Waals surface area (Å²) in [5.41, 5.74) is 2.80. The van der Waals surface area contributed by atoms with Crippen LogP contribution in [0.5, 0.6) is 0 Å². The molecule has 134 valence electrons. The number of anilines is 1. The minimum absolute atomic E-state index is 0.0869. The second-order valence-electron chi connectivity index (χ2n) is 6.90. The first-order chi connectivity index (χ1) is 12.2. The van der Waals surface area contributed by atoms with Crippen molar-refractivity contribution in [3.63, 3.8) is 0 Å². The van der Waals surface area contributed by atoms with Gasteiger partial charge in [-0.3, -0.25) is 14.5 Å². The van der Waals surface area contributed by atoms with Crippen LogP contribution in [0.1, 0.15) is 31.9 Å². The van der Waals surface area contributed by atoms with E-state index in [1.165, 1.54) is 12.1 Å². The van der Waals surface area contributed by atoms with E-state index in [0.717, 1.165) is 33.5 Å². The number of terminal acetylenes is 1. The molecule has 1 fully saturated rings. The molecule has 2 aliphatic heterocycles. The van der Waals surface area contributed by atoms with Gasteiger partial charge in [0.15, 0.2) is 0 Å². The number of rotatable bonds is 2. The summed E-state index contributed by atoms with van der Waals surface area (Å²) in [4.78, 5) is 27.3. The van der Waals surface area contributed by atoms with Gasteiger partial charge in [-0.05, 0) is 56.3 Å². The van der Waals surface area contributed by atoms with Gasteiger partial charge in [-0.15, -0.1) is 6.42 Å². The van der Waals surface area contributed by atoms with Crippen molar-refractivity contribution in [3.05, 3.63) is 40.1 Å². The fourth-order valence-corrected chi connectivity index (χ4v) is 4.00. The van der Waals surface area contributed by atoms with Gasteiger partial charge >= 0.3 is 0 Å². The van der Waals surface area contributed by atoms with E-state index in [1.54, 1.807) is 6.07 Å². The molecule has 0 aromatic heterocycles. The van der Waals surface area contributed by atoms with Crippen molar-refractivity contribution in [3.8, 4) is 12.3 Å². The molecule has 26 heavy (non-hydrogen) atoms. The Labute approximate surface area is 156 Å².